The predicted octanol–water partition coefficient (Wildman–Crippen LogP) is 5.62. The van der Waals surface area contributed by atoms with Crippen LogP contribution >= 0.6 is 22.7 Å². The van der Waals surface area contributed by atoms with Gasteiger partial charge in [-0.15, -0.1) is 22.7 Å². The van der Waals surface area contributed by atoms with Crippen LogP contribution in [-0.4, -0.2) is 33.2 Å². The number of esters is 1. The smallest absolute Gasteiger partial charge is 0.348 e. The van der Waals surface area contributed by atoms with E-state index in [2.05, 4.69) is 15.4 Å². The minimum atomic E-state index is -0.546. The summed E-state index contributed by atoms with van der Waals surface area (Å²) in [4.78, 5) is 30.6. The third-order valence-electron chi connectivity index (χ3n) is 5.18. The number of anilines is 1. The van der Waals surface area contributed by atoms with Crippen LogP contribution in [0.25, 0.3) is 27.2 Å². The van der Waals surface area contributed by atoms with Crippen molar-refractivity contribution in [3.05, 3.63) is 82.2 Å². The van der Waals surface area contributed by atoms with Gasteiger partial charge >= 0.3 is 5.97 Å². The second kappa shape index (κ2) is 9.20. The van der Waals surface area contributed by atoms with Gasteiger partial charge in [-0.3, -0.25) is 10.1 Å². The van der Waals surface area contributed by atoms with Gasteiger partial charge in [0.25, 0.3) is 5.91 Å². The molecule has 0 aliphatic carbocycles. The molecule has 3 heterocycles. The first-order valence-electron chi connectivity index (χ1n) is 10.5. The Morgan fingerprint density at radius 2 is 1.82 bits per heavy atom. The van der Waals surface area contributed by atoms with Crippen LogP contribution in [-0.2, 0) is 9.53 Å². The Labute approximate surface area is 203 Å². The summed E-state index contributed by atoms with van der Waals surface area (Å²) in [6.45, 7) is 3.53. The molecule has 5 rings (SSSR count). The highest BCUT2D eigenvalue weighted by Crippen LogP contribution is 2.31. The van der Waals surface area contributed by atoms with Crippen molar-refractivity contribution in [3.63, 3.8) is 0 Å². The predicted molar refractivity (Wildman–Crippen MR) is 135 cm³/mol. The molecule has 0 saturated carbocycles. The van der Waals surface area contributed by atoms with Gasteiger partial charge in [0, 0.05) is 16.3 Å². The zero-order chi connectivity index (χ0) is 23.7. The highest BCUT2D eigenvalue weighted by Gasteiger charge is 2.19. The fourth-order valence-corrected chi connectivity index (χ4v) is 5.25. The molecule has 5 aromatic rings. The van der Waals surface area contributed by atoms with Gasteiger partial charge in [0.2, 0.25) is 0 Å². The van der Waals surface area contributed by atoms with Gasteiger partial charge in [0.05, 0.1) is 17.1 Å². The monoisotopic (exact) mass is 488 g/mol. The second-order valence-corrected chi connectivity index (χ2v) is 9.58. The lowest BCUT2D eigenvalue weighted by Crippen LogP contribution is -2.20. The summed E-state index contributed by atoms with van der Waals surface area (Å²) in [5, 5.41) is 10.5. The number of hydrogen-bond acceptors (Lipinski definition) is 7. The number of amides is 1. The van der Waals surface area contributed by atoms with Crippen molar-refractivity contribution < 1.29 is 14.3 Å². The molecule has 0 aliphatic heterocycles. The van der Waals surface area contributed by atoms with Crippen molar-refractivity contribution in [2.24, 2.45) is 0 Å². The Hall–Kier alpha value is -3.82. The number of carbonyl (C=O) groups is 2. The standard InChI is InChI=1S/C25H20N4O3S2/c1-15-8-10-17(11-9-15)20-14-33-25(26-20)27-22(30)13-32-24(31)21-12-19-16(2)28-29(23(19)34-21)18-6-4-3-5-7-18/h3-12,14H,13H2,1-2H3,(H,26,27,30). The molecular formula is C25H20N4O3S2. The van der Waals surface area contributed by atoms with Crippen molar-refractivity contribution in [3.8, 4) is 16.9 Å². The van der Waals surface area contributed by atoms with E-state index in [9.17, 15) is 9.59 Å². The van der Waals surface area contributed by atoms with Gasteiger partial charge < -0.3 is 4.74 Å². The van der Waals surface area contributed by atoms with Gasteiger partial charge in [0.1, 0.15) is 9.71 Å². The van der Waals surface area contributed by atoms with Crippen LogP contribution in [0.4, 0.5) is 5.13 Å². The number of nitrogens with zero attached hydrogens (tertiary/aromatic N) is 3. The lowest BCUT2D eigenvalue weighted by Gasteiger charge is -2.04. The number of carbonyl (C=O) groups excluding carboxylic acids is 2. The van der Waals surface area contributed by atoms with Gasteiger partial charge in [-0.25, -0.2) is 14.5 Å². The molecule has 0 fully saturated rings. The van der Waals surface area contributed by atoms with Crippen molar-refractivity contribution in [2.45, 2.75) is 13.8 Å². The number of fused-ring (bicyclic) bond motifs is 1. The van der Waals surface area contributed by atoms with E-state index in [0.717, 1.165) is 32.9 Å². The second-order valence-electron chi connectivity index (χ2n) is 7.69. The summed E-state index contributed by atoms with van der Waals surface area (Å²) < 4.78 is 7.07. The van der Waals surface area contributed by atoms with Crippen molar-refractivity contribution in [2.75, 3.05) is 11.9 Å². The lowest BCUT2D eigenvalue weighted by atomic mass is 10.1. The molecule has 0 bridgehead atoms. The lowest BCUT2D eigenvalue weighted by molar-refractivity contribution is -0.119. The molecule has 0 radical (unpaired) electrons. The molecular weight excluding hydrogens is 468 g/mol. The van der Waals surface area contributed by atoms with Crippen LogP contribution in [0.2, 0.25) is 0 Å². The Balaban J connectivity index is 1.23. The molecule has 170 valence electrons. The molecule has 1 amide bonds. The fourth-order valence-electron chi connectivity index (χ4n) is 3.44. The molecule has 3 aromatic heterocycles. The number of benzene rings is 2. The van der Waals surface area contributed by atoms with Crippen molar-refractivity contribution in [1.29, 1.82) is 0 Å². The SMILES string of the molecule is Cc1ccc(-c2csc(NC(=O)COC(=O)c3cc4c(C)nn(-c5ccccc5)c4s3)n2)cc1. The van der Waals surface area contributed by atoms with Gasteiger partial charge in [-0.2, -0.15) is 5.10 Å². The number of aromatic nitrogens is 3. The zero-order valence-corrected chi connectivity index (χ0v) is 20.1. The van der Waals surface area contributed by atoms with Gasteiger partial charge in [0.15, 0.2) is 11.7 Å². The van der Waals surface area contributed by atoms with Gasteiger partial charge in [-0.05, 0) is 32.0 Å². The molecule has 0 saturated heterocycles. The zero-order valence-electron chi connectivity index (χ0n) is 18.4. The highest BCUT2D eigenvalue weighted by atomic mass is 32.1. The Bertz CT molecular complexity index is 1480. The molecule has 34 heavy (non-hydrogen) atoms. The average molecular weight is 489 g/mol. The maximum Gasteiger partial charge on any atom is 0.348 e. The highest BCUT2D eigenvalue weighted by molar-refractivity contribution is 7.20. The molecule has 1 N–H and O–H groups in total. The van der Waals surface area contributed by atoms with Crippen molar-refractivity contribution in [1.82, 2.24) is 14.8 Å². The topological polar surface area (TPSA) is 86.1 Å². The molecule has 2 aromatic carbocycles. The third kappa shape index (κ3) is 4.48. The number of nitrogens with one attached hydrogen (secondary N) is 1. The summed E-state index contributed by atoms with van der Waals surface area (Å²) in [7, 11) is 0. The first-order valence-corrected chi connectivity index (χ1v) is 12.2. The van der Waals surface area contributed by atoms with E-state index in [1.807, 2.05) is 78.5 Å². The van der Waals surface area contributed by atoms with E-state index in [0.29, 0.717) is 10.0 Å². The largest absolute Gasteiger partial charge is 0.451 e. The van der Waals surface area contributed by atoms with Crippen LogP contribution in [0.15, 0.2) is 66.0 Å². The molecule has 7 nitrogen and oxygen atoms in total. The number of hydrogen-bond donors (Lipinski definition) is 1. The van der Waals surface area contributed by atoms with Crippen LogP contribution in [0.5, 0.6) is 0 Å². The summed E-state index contributed by atoms with van der Waals surface area (Å²) >= 11 is 2.61. The molecule has 0 unspecified atom stereocenters. The summed E-state index contributed by atoms with van der Waals surface area (Å²) in [5.74, 6) is -0.985. The molecule has 0 atom stereocenters. The number of para-hydroxylation sites is 1. The van der Waals surface area contributed by atoms with Gasteiger partial charge in [-0.1, -0.05) is 48.0 Å². The summed E-state index contributed by atoms with van der Waals surface area (Å²) in [6, 6.07) is 19.5. The van der Waals surface area contributed by atoms with E-state index in [4.69, 9.17) is 4.74 Å². The van der Waals surface area contributed by atoms with Crippen LogP contribution in [0, 0.1) is 13.8 Å². The molecule has 0 aliphatic rings. The first-order chi connectivity index (χ1) is 16.5. The summed E-state index contributed by atoms with van der Waals surface area (Å²) in [6.07, 6.45) is 0. The summed E-state index contributed by atoms with van der Waals surface area (Å²) in [5.41, 5.74) is 4.66. The molecule has 9 heteroatoms. The van der Waals surface area contributed by atoms with E-state index in [-0.39, 0.29) is 0 Å². The molecule has 0 spiro atoms. The number of aryl methyl sites for hydroxylation is 2. The van der Waals surface area contributed by atoms with E-state index < -0.39 is 18.5 Å². The number of thiazole rings is 1. The number of thiophene rings is 1. The Kier molecular flexibility index (Phi) is 5.95. The number of ether oxygens (including phenoxy) is 1. The fraction of sp³-hybridized carbons (Fsp3) is 0.120. The Morgan fingerprint density at radius 1 is 1.06 bits per heavy atom. The first kappa shape index (κ1) is 22.0. The normalized spacial score (nSPS) is 11.0. The Morgan fingerprint density at radius 3 is 2.59 bits per heavy atom. The van der Waals surface area contributed by atoms with Crippen LogP contribution in [0.3, 0.4) is 0 Å². The van der Waals surface area contributed by atoms with Crippen molar-refractivity contribution >= 4 is 49.9 Å². The van der Waals surface area contributed by atoms with Crippen LogP contribution < -0.4 is 5.32 Å². The number of rotatable bonds is 6. The van der Waals surface area contributed by atoms with E-state index in [1.54, 1.807) is 6.07 Å². The maximum absolute atomic E-state index is 12.6. The minimum Gasteiger partial charge on any atom is -0.451 e. The van der Waals surface area contributed by atoms with E-state index in [1.165, 1.54) is 28.2 Å². The van der Waals surface area contributed by atoms with E-state index >= 15 is 0 Å². The minimum absolute atomic E-state index is 0.393. The third-order valence-corrected chi connectivity index (χ3v) is 7.03. The average Bonchev–Trinajstić information content (AvgIpc) is 3.56. The van der Waals surface area contributed by atoms with Crippen LogP contribution in [0.1, 0.15) is 20.9 Å². The maximum atomic E-state index is 12.6. The quantitative estimate of drug-likeness (QED) is 0.313.